The van der Waals surface area contributed by atoms with E-state index >= 15 is 0 Å². The van der Waals surface area contributed by atoms with E-state index in [1.165, 1.54) is 23.8 Å². The lowest BCUT2D eigenvalue weighted by Crippen LogP contribution is -2.30. The second-order valence-electron chi connectivity index (χ2n) is 4.33. The largest absolute Gasteiger partial charge is 0.469 e. The zero-order valence-electron chi connectivity index (χ0n) is 11.5. The molecule has 0 spiro atoms. The van der Waals surface area contributed by atoms with Gasteiger partial charge in [-0.05, 0) is 23.8 Å². The van der Waals surface area contributed by atoms with Gasteiger partial charge in [0.15, 0.2) is 0 Å². The summed E-state index contributed by atoms with van der Waals surface area (Å²) in [6.07, 6.45) is 1.76. The Kier molecular flexibility index (Phi) is 5.86. The molecular formula is C14H11Cl2NO3S2. The number of carbonyl (C=O) groups excluding carboxylic acids is 2. The number of benzene rings is 1. The highest BCUT2D eigenvalue weighted by Gasteiger charge is 2.32. The molecule has 0 aromatic heterocycles. The number of thioether (sulfide) groups is 1. The summed E-state index contributed by atoms with van der Waals surface area (Å²) in [4.78, 5) is 25.3. The fraction of sp³-hybridized carbons (Fsp3) is 0.214. The van der Waals surface area contributed by atoms with E-state index in [-0.39, 0.29) is 18.9 Å². The standard InChI is InChI=1S/C14H11Cl2NO3S2/c1-20-12(18)4-5-17-13(19)11(22-14(17)21)6-8-2-3-9(15)7-10(8)16/h2-3,6-7H,4-5H2,1H3/b11-6+. The van der Waals surface area contributed by atoms with Gasteiger partial charge in [-0.25, -0.2) is 0 Å². The highest BCUT2D eigenvalue weighted by Crippen LogP contribution is 2.34. The molecule has 0 bridgehead atoms. The van der Waals surface area contributed by atoms with E-state index in [0.717, 1.165) is 0 Å². The Balaban J connectivity index is 2.16. The van der Waals surface area contributed by atoms with E-state index in [4.69, 9.17) is 35.4 Å². The van der Waals surface area contributed by atoms with E-state index in [2.05, 4.69) is 4.74 Å². The monoisotopic (exact) mass is 375 g/mol. The molecule has 1 saturated heterocycles. The fourth-order valence-electron chi connectivity index (χ4n) is 1.76. The molecule has 1 fully saturated rings. The maximum absolute atomic E-state index is 12.3. The van der Waals surface area contributed by atoms with Gasteiger partial charge in [0.1, 0.15) is 4.32 Å². The van der Waals surface area contributed by atoms with Crippen molar-refractivity contribution in [3.05, 3.63) is 38.7 Å². The zero-order valence-corrected chi connectivity index (χ0v) is 14.6. The summed E-state index contributed by atoms with van der Waals surface area (Å²) in [7, 11) is 1.30. The predicted octanol–water partition coefficient (Wildman–Crippen LogP) is 3.76. The van der Waals surface area contributed by atoms with Gasteiger partial charge in [-0.1, -0.05) is 53.2 Å². The minimum Gasteiger partial charge on any atom is -0.469 e. The smallest absolute Gasteiger partial charge is 0.307 e. The first-order valence-electron chi connectivity index (χ1n) is 6.19. The zero-order chi connectivity index (χ0) is 16.3. The van der Waals surface area contributed by atoms with E-state index in [1.54, 1.807) is 24.3 Å². The van der Waals surface area contributed by atoms with Crippen LogP contribution in [0.5, 0.6) is 0 Å². The molecule has 1 aromatic carbocycles. The first kappa shape index (κ1) is 17.3. The first-order chi connectivity index (χ1) is 10.4. The molecular weight excluding hydrogens is 365 g/mol. The fourth-order valence-corrected chi connectivity index (χ4v) is 3.52. The van der Waals surface area contributed by atoms with Crippen LogP contribution < -0.4 is 0 Å². The van der Waals surface area contributed by atoms with Crippen molar-refractivity contribution >= 4 is 69.5 Å². The van der Waals surface area contributed by atoms with Gasteiger partial charge in [-0.2, -0.15) is 0 Å². The van der Waals surface area contributed by atoms with Crippen molar-refractivity contribution in [2.24, 2.45) is 0 Å². The molecule has 116 valence electrons. The Hall–Kier alpha value is -1.08. The van der Waals surface area contributed by atoms with Crippen molar-refractivity contribution in [1.82, 2.24) is 4.90 Å². The van der Waals surface area contributed by atoms with Gasteiger partial charge in [-0.3, -0.25) is 14.5 Å². The van der Waals surface area contributed by atoms with E-state index < -0.39 is 5.97 Å². The van der Waals surface area contributed by atoms with Crippen molar-refractivity contribution in [2.75, 3.05) is 13.7 Å². The lowest BCUT2D eigenvalue weighted by Gasteiger charge is -2.12. The van der Waals surface area contributed by atoms with Gasteiger partial charge in [0.25, 0.3) is 5.91 Å². The summed E-state index contributed by atoms with van der Waals surface area (Å²) in [6, 6.07) is 5.02. The van der Waals surface area contributed by atoms with Crippen LogP contribution in [0.25, 0.3) is 6.08 Å². The molecule has 1 heterocycles. The molecule has 0 unspecified atom stereocenters. The number of esters is 1. The first-order valence-corrected chi connectivity index (χ1v) is 8.17. The summed E-state index contributed by atoms with van der Waals surface area (Å²) in [6.45, 7) is 0.197. The molecule has 8 heteroatoms. The Bertz CT molecular complexity index is 676. The van der Waals surface area contributed by atoms with Crippen LogP contribution in [-0.2, 0) is 14.3 Å². The third kappa shape index (κ3) is 4.01. The Labute approximate surface area is 147 Å². The molecule has 1 aliphatic heterocycles. The molecule has 0 radical (unpaired) electrons. The lowest BCUT2D eigenvalue weighted by atomic mass is 10.2. The molecule has 0 saturated carbocycles. The number of nitrogens with zero attached hydrogens (tertiary/aromatic N) is 1. The molecule has 4 nitrogen and oxygen atoms in total. The number of amides is 1. The highest BCUT2D eigenvalue weighted by molar-refractivity contribution is 8.26. The minimum absolute atomic E-state index is 0.0952. The van der Waals surface area contributed by atoms with Crippen LogP contribution in [0.4, 0.5) is 0 Å². The average molecular weight is 376 g/mol. The van der Waals surface area contributed by atoms with Crippen molar-refractivity contribution < 1.29 is 14.3 Å². The summed E-state index contributed by atoms with van der Waals surface area (Å²) in [5, 5.41) is 0.972. The van der Waals surface area contributed by atoms with Crippen LogP contribution >= 0.6 is 47.2 Å². The number of hydrogen-bond acceptors (Lipinski definition) is 5. The predicted molar refractivity (Wildman–Crippen MR) is 93.0 cm³/mol. The third-order valence-corrected chi connectivity index (χ3v) is 4.83. The van der Waals surface area contributed by atoms with Crippen LogP contribution in [0.2, 0.25) is 10.0 Å². The SMILES string of the molecule is COC(=O)CCN1C(=O)/C(=C\c2ccc(Cl)cc2Cl)SC1=S. The van der Waals surface area contributed by atoms with Gasteiger partial charge in [0.2, 0.25) is 0 Å². The molecule has 2 rings (SSSR count). The average Bonchev–Trinajstić information content (AvgIpc) is 2.74. The van der Waals surface area contributed by atoms with Crippen LogP contribution in [-0.4, -0.2) is 34.8 Å². The second kappa shape index (κ2) is 7.46. The number of halogens is 2. The van der Waals surface area contributed by atoms with E-state index in [9.17, 15) is 9.59 Å². The van der Waals surface area contributed by atoms with Gasteiger partial charge in [0.05, 0.1) is 18.4 Å². The van der Waals surface area contributed by atoms with Gasteiger partial charge >= 0.3 is 5.97 Å². The lowest BCUT2D eigenvalue weighted by molar-refractivity contribution is -0.140. The number of thiocarbonyl (C=S) groups is 1. The Morgan fingerprint density at radius 2 is 2.18 bits per heavy atom. The van der Waals surface area contributed by atoms with E-state index in [0.29, 0.717) is 24.8 Å². The molecule has 0 aliphatic carbocycles. The maximum Gasteiger partial charge on any atom is 0.307 e. The highest BCUT2D eigenvalue weighted by atomic mass is 35.5. The van der Waals surface area contributed by atoms with Crippen molar-refractivity contribution in [2.45, 2.75) is 6.42 Å². The molecule has 0 N–H and O–H groups in total. The Morgan fingerprint density at radius 3 is 2.82 bits per heavy atom. The normalized spacial score (nSPS) is 16.5. The summed E-state index contributed by atoms with van der Waals surface area (Å²) < 4.78 is 4.97. The van der Waals surface area contributed by atoms with E-state index in [1.807, 2.05) is 0 Å². The number of methoxy groups -OCH3 is 1. The second-order valence-corrected chi connectivity index (χ2v) is 6.84. The van der Waals surface area contributed by atoms with Crippen LogP contribution in [0.3, 0.4) is 0 Å². The number of hydrogen-bond donors (Lipinski definition) is 0. The summed E-state index contributed by atoms with van der Waals surface area (Å²) in [5.41, 5.74) is 0.680. The number of ether oxygens (including phenoxy) is 1. The summed E-state index contributed by atoms with van der Waals surface area (Å²) >= 11 is 18.3. The van der Waals surface area contributed by atoms with Crippen LogP contribution in [0.15, 0.2) is 23.1 Å². The Morgan fingerprint density at radius 1 is 1.45 bits per heavy atom. The molecule has 1 aromatic rings. The van der Waals surface area contributed by atoms with Crippen molar-refractivity contribution in [1.29, 1.82) is 0 Å². The molecule has 0 atom stereocenters. The molecule has 1 aliphatic rings. The third-order valence-electron chi connectivity index (χ3n) is 2.89. The van der Waals surface area contributed by atoms with Crippen LogP contribution in [0.1, 0.15) is 12.0 Å². The van der Waals surface area contributed by atoms with Crippen molar-refractivity contribution in [3.63, 3.8) is 0 Å². The number of carbonyl (C=O) groups is 2. The van der Waals surface area contributed by atoms with Crippen molar-refractivity contribution in [3.8, 4) is 0 Å². The summed E-state index contributed by atoms with van der Waals surface area (Å²) in [5.74, 6) is -0.635. The number of rotatable bonds is 4. The molecule has 1 amide bonds. The van der Waals surface area contributed by atoms with Crippen LogP contribution in [0, 0.1) is 0 Å². The van der Waals surface area contributed by atoms with Gasteiger partial charge in [0, 0.05) is 16.6 Å². The molecule has 22 heavy (non-hydrogen) atoms. The quantitative estimate of drug-likeness (QED) is 0.455. The minimum atomic E-state index is -0.390. The topological polar surface area (TPSA) is 46.6 Å². The van der Waals surface area contributed by atoms with Gasteiger partial charge < -0.3 is 4.74 Å². The van der Waals surface area contributed by atoms with Gasteiger partial charge in [-0.15, -0.1) is 0 Å². The maximum atomic E-state index is 12.3.